The molecule has 1 saturated heterocycles. The van der Waals surface area contributed by atoms with E-state index >= 15 is 0 Å². The van der Waals surface area contributed by atoms with Crippen LogP contribution >= 0.6 is 12.2 Å². The number of anilines is 1. The van der Waals surface area contributed by atoms with Crippen molar-refractivity contribution in [3.05, 3.63) is 113 Å². The maximum atomic E-state index is 14.1. The Bertz CT molecular complexity index is 1490. The highest BCUT2D eigenvalue weighted by molar-refractivity contribution is 7.80. The van der Waals surface area contributed by atoms with Gasteiger partial charge < -0.3 is 20.1 Å². The normalized spacial score (nSPS) is 16.9. The molecule has 2 aromatic carbocycles. The molecule has 1 amide bonds. The van der Waals surface area contributed by atoms with Crippen molar-refractivity contribution in [2.24, 2.45) is 0 Å². The average Bonchev–Trinajstić information content (AvgIpc) is 3.39. The fraction of sp³-hybridized carbons (Fsp3) is 0.233. The number of nitrogens with zero attached hydrogens (tertiary/aromatic N) is 3. The number of pyridine rings is 1. The first-order valence-electron chi connectivity index (χ1n) is 12.6. The average molecular weight is 528 g/mol. The molecule has 6 nitrogen and oxygen atoms in total. The molecule has 0 saturated carbocycles. The molecule has 0 bridgehead atoms. The largest absolute Gasteiger partial charge is 0.352 e. The summed E-state index contributed by atoms with van der Waals surface area (Å²) in [5.41, 5.74) is 6.46. The lowest BCUT2D eigenvalue weighted by atomic mass is 9.96. The highest BCUT2D eigenvalue weighted by Gasteiger charge is 2.41. The summed E-state index contributed by atoms with van der Waals surface area (Å²) >= 11 is 5.79. The number of carbonyl (C=O) groups excluding carboxylic acids is 1. The molecule has 3 heterocycles. The van der Waals surface area contributed by atoms with Gasteiger partial charge in [-0.25, -0.2) is 4.39 Å². The Morgan fingerprint density at radius 2 is 1.84 bits per heavy atom. The van der Waals surface area contributed by atoms with E-state index in [0.29, 0.717) is 11.7 Å². The molecule has 2 atom stereocenters. The summed E-state index contributed by atoms with van der Waals surface area (Å²) in [5, 5.41) is 7.04. The van der Waals surface area contributed by atoms with Crippen LogP contribution in [0.3, 0.4) is 0 Å². The van der Waals surface area contributed by atoms with Gasteiger partial charge in [0.2, 0.25) is 5.91 Å². The summed E-state index contributed by atoms with van der Waals surface area (Å²) < 4.78 is 16.1. The van der Waals surface area contributed by atoms with E-state index in [0.717, 1.165) is 39.6 Å². The first-order valence-corrected chi connectivity index (χ1v) is 13.0. The molecule has 8 heteroatoms. The Labute approximate surface area is 227 Å². The number of aromatic nitrogens is 2. The molecule has 1 aliphatic rings. The maximum Gasteiger partial charge on any atom is 0.226 e. The third kappa shape index (κ3) is 5.04. The molecule has 0 unspecified atom stereocenters. The van der Waals surface area contributed by atoms with Crippen LogP contribution in [0.4, 0.5) is 10.1 Å². The number of nitrogens with one attached hydrogen (secondary N) is 2. The number of para-hydroxylation sites is 1. The molecular weight excluding hydrogens is 497 g/mol. The van der Waals surface area contributed by atoms with Crippen LogP contribution in [-0.4, -0.2) is 32.0 Å². The fourth-order valence-electron chi connectivity index (χ4n) is 5.23. The molecular formula is C30H30FN5OS. The first-order chi connectivity index (χ1) is 18.3. The number of halogens is 1. The van der Waals surface area contributed by atoms with Gasteiger partial charge in [-0.1, -0.05) is 30.3 Å². The van der Waals surface area contributed by atoms with Crippen LogP contribution in [0.1, 0.15) is 46.7 Å². The Kier molecular flexibility index (Phi) is 7.24. The molecule has 2 aromatic heterocycles. The zero-order valence-electron chi connectivity index (χ0n) is 21.6. The number of benzene rings is 2. The van der Waals surface area contributed by atoms with Crippen LogP contribution in [0, 0.1) is 26.6 Å². The van der Waals surface area contributed by atoms with E-state index in [2.05, 4.69) is 31.2 Å². The number of carbonyl (C=O) groups is 1. The predicted octanol–water partition coefficient (Wildman–Crippen LogP) is 5.94. The summed E-state index contributed by atoms with van der Waals surface area (Å²) in [4.78, 5) is 19.6. The van der Waals surface area contributed by atoms with Gasteiger partial charge in [0.25, 0.3) is 0 Å². The van der Waals surface area contributed by atoms with Crippen molar-refractivity contribution in [1.29, 1.82) is 0 Å². The summed E-state index contributed by atoms with van der Waals surface area (Å²) in [6, 6.07) is 21.9. The van der Waals surface area contributed by atoms with Crippen molar-refractivity contribution in [2.75, 3.05) is 11.9 Å². The zero-order valence-corrected chi connectivity index (χ0v) is 22.4. The number of hydrogen-bond acceptors (Lipinski definition) is 3. The molecule has 1 fully saturated rings. The third-order valence-electron chi connectivity index (χ3n) is 7.05. The predicted molar refractivity (Wildman–Crippen MR) is 152 cm³/mol. The van der Waals surface area contributed by atoms with Crippen molar-refractivity contribution < 1.29 is 9.18 Å². The summed E-state index contributed by atoms with van der Waals surface area (Å²) in [7, 11) is 0. The van der Waals surface area contributed by atoms with Gasteiger partial charge in [0, 0.05) is 41.9 Å². The Morgan fingerprint density at radius 3 is 2.58 bits per heavy atom. The van der Waals surface area contributed by atoms with Crippen LogP contribution in [0.2, 0.25) is 0 Å². The Balaban J connectivity index is 1.48. The van der Waals surface area contributed by atoms with Gasteiger partial charge in [-0.2, -0.15) is 0 Å². The highest BCUT2D eigenvalue weighted by Crippen LogP contribution is 2.41. The molecule has 0 radical (unpaired) electrons. The lowest BCUT2D eigenvalue weighted by Gasteiger charge is -2.28. The molecule has 194 valence electrons. The number of amides is 1. The Morgan fingerprint density at radius 1 is 1.05 bits per heavy atom. The van der Waals surface area contributed by atoms with Crippen LogP contribution < -0.4 is 10.6 Å². The van der Waals surface area contributed by atoms with E-state index in [1.807, 2.05) is 69.3 Å². The molecule has 4 aromatic rings. The van der Waals surface area contributed by atoms with Gasteiger partial charge >= 0.3 is 0 Å². The molecule has 2 N–H and O–H groups in total. The minimum Gasteiger partial charge on any atom is -0.352 e. The van der Waals surface area contributed by atoms with Gasteiger partial charge in [0.05, 0.1) is 17.8 Å². The van der Waals surface area contributed by atoms with Crippen LogP contribution in [0.5, 0.6) is 0 Å². The lowest BCUT2D eigenvalue weighted by Crippen LogP contribution is -2.33. The van der Waals surface area contributed by atoms with E-state index < -0.39 is 0 Å². The first kappa shape index (κ1) is 25.6. The number of hydrogen-bond donors (Lipinski definition) is 2. The monoisotopic (exact) mass is 527 g/mol. The second kappa shape index (κ2) is 10.8. The van der Waals surface area contributed by atoms with Crippen molar-refractivity contribution >= 4 is 28.9 Å². The van der Waals surface area contributed by atoms with E-state index in [1.54, 1.807) is 12.3 Å². The second-order valence-corrected chi connectivity index (χ2v) is 9.96. The van der Waals surface area contributed by atoms with Gasteiger partial charge in [-0.3, -0.25) is 9.78 Å². The topological polar surface area (TPSA) is 62.2 Å². The maximum absolute atomic E-state index is 14.1. The highest BCUT2D eigenvalue weighted by atomic mass is 32.1. The minimum absolute atomic E-state index is 0.0765. The van der Waals surface area contributed by atoms with Crippen molar-refractivity contribution in [3.63, 3.8) is 0 Å². The summed E-state index contributed by atoms with van der Waals surface area (Å²) in [6.45, 7) is 6.45. The van der Waals surface area contributed by atoms with E-state index in [-0.39, 0.29) is 30.2 Å². The lowest BCUT2D eigenvalue weighted by molar-refractivity contribution is -0.116. The summed E-state index contributed by atoms with van der Waals surface area (Å²) in [5.74, 6) is -0.361. The number of aryl methyl sites for hydroxylation is 2. The van der Waals surface area contributed by atoms with E-state index in [1.165, 1.54) is 12.1 Å². The second-order valence-electron chi connectivity index (χ2n) is 9.57. The van der Waals surface area contributed by atoms with Gasteiger partial charge in [-0.05, 0) is 86.6 Å². The van der Waals surface area contributed by atoms with Crippen molar-refractivity contribution in [3.8, 4) is 5.69 Å². The SMILES string of the molecule is Cc1ccccc1NC(=O)CCN1C(=S)N[C@@H](c2ccccn2)[C@H]1c1cc(C)n(-c2cccc(F)c2)c1C. The van der Waals surface area contributed by atoms with Crippen molar-refractivity contribution in [1.82, 2.24) is 19.8 Å². The van der Waals surface area contributed by atoms with Crippen LogP contribution in [0.15, 0.2) is 79.0 Å². The quantitative estimate of drug-likeness (QED) is 0.292. The third-order valence-corrected chi connectivity index (χ3v) is 7.40. The molecule has 0 spiro atoms. The Hall–Kier alpha value is -4.04. The van der Waals surface area contributed by atoms with Crippen LogP contribution in [0.25, 0.3) is 5.69 Å². The fourth-order valence-corrected chi connectivity index (χ4v) is 5.56. The van der Waals surface area contributed by atoms with E-state index in [9.17, 15) is 9.18 Å². The molecule has 0 aliphatic carbocycles. The number of thiocarbonyl (C=S) groups is 1. The molecule has 1 aliphatic heterocycles. The van der Waals surface area contributed by atoms with Crippen molar-refractivity contribution in [2.45, 2.75) is 39.3 Å². The zero-order chi connectivity index (χ0) is 26.8. The summed E-state index contributed by atoms with van der Waals surface area (Å²) in [6.07, 6.45) is 2.04. The van der Waals surface area contributed by atoms with Gasteiger partial charge in [-0.15, -0.1) is 0 Å². The van der Waals surface area contributed by atoms with E-state index in [4.69, 9.17) is 12.2 Å². The van der Waals surface area contributed by atoms with Gasteiger partial charge in [0.15, 0.2) is 5.11 Å². The molecule has 5 rings (SSSR count). The molecule has 38 heavy (non-hydrogen) atoms. The standard InChI is InChI=1S/C30H30FN5OS/c1-19-9-4-5-12-25(19)33-27(37)14-16-35-29(28(34-30(35)38)26-13-6-7-15-32-26)24-17-20(2)36(21(24)3)23-11-8-10-22(31)18-23/h4-13,15,17-18,28-29H,14,16H2,1-3H3,(H,33,37)(H,34,38)/t28-,29+/m0/s1. The minimum atomic E-state index is -0.284. The van der Waals surface area contributed by atoms with Crippen LogP contribution in [-0.2, 0) is 4.79 Å². The smallest absolute Gasteiger partial charge is 0.226 e. The number of rotatable bonds is 7. The van der Waals surface area contributed by atoms with Gasteiger partial charge in [0.1, 0.15) is 5.82 Å².